The number of methoxy groups -OCH3 is 1. The highest BCUT2D eigenvalue weighted by Gasteiger charge is 2.55. The van der Waals surface area contributed by atoms with Crippen LogP contribution in [0.1, 0.15) is 26.7 Å². The van der Waals surface area contributed by atoms with Gasteiger partial charge in [-0.3, -0.25) is 4.79 Å². The van der Waals surface area contributed by atoms with Crippen molar-refractivity contribution >= 4 is 11.7 Å². The van der Waals surface area contributed by atoms with E-state index in [1.165, 1.54) is 0 Å². The van der Waals surface area contributed by atoms with Crippen LogP contribution in [0.5, 0.6) is 0 Å². The molecule has 0 heterocycles. The quantitative estimate of drug-likeness (QED) is 0.269. The van der Waals surface area contributed by atoms with Crippen LogP contribution < -0.4 is 11.1 Å². The van der Waals surface area contributed by atoms with Gasteiger partial charge in [0.25, 0.3) is 0 Å². The van der Waals surface area contributed by atoms with Crippen LogP contribution >= 0.6 is 0 Å². The standard InChI is InChI=1S/C10H19N3O3/c1-9(2,6-16-3)12-8(14)10(4-5-10)7(11)13-15/h15H,4-6H2,1-3H3,(H2,11,13)(H,12,14). The van der Waals surface area contributed by atoms with E-state index < -0.39 is 11.0 Å². The first kappa shape index (κ1) is 12.8. The van der Waals surface area contributed by atoms with E-state index in [2.05, 4.69) is 10.5 Å². The van der Waals surface area contributed by atoms with Crippen LogP contribution in [0.15, 0.2) is 5.16 Å². The largest absolute Gasteiger partial charge is 0.409 e. The second-order valence-corrected chi connectivity index (χ2v) is 4.84. The summed E-state index contributed by atoms with van der Waals surface area (Å²) in [6.45, 7) is 4.12. The maximum atomic E-state index is 12.0. The molecule has 0 aromatic heterocycles. The molecule has 1 aliphatic carbocycles. The minimum Gasteiger partial charge on any atom is -0.409 e. The Bertz CT molecular complexity index is 308. The normalized spacial score (nSPS) is 19.3. The zero-order chi connectivity index (χ0) is 12.4. The Morgan fingerprint density at radius 2 is 2.19 bits per heavy atom. The summed E-state index contributed by atoms with van der Waals surface area (Å²) in [6, 6.07) is 0. The molecule has 0 aromatic rings. The summed E-state index contributed by atoms with van der Waals surface area (Å²) >= 11 is 0. The van der Waals surface area contributed by atoms with Crippen molar-refractivity contribution in [3.05, 3.63) is 0 Å². The van der Waals surface area contributed by atoms with Crippen LogP contribution in [0, 0.1) is 5.41 Å². The molecule has 0 aromatic carbocycles. The fourth-order valence-electron chi connectivity index (χ4n) is 1.64. The number of hydrogen-bond acceptors (Lipinski definition) is 4. The molecule has 0 atom stereocenters. The number of nitrogens with one attached hydrogen (secondary N) is 1. The summed E-state index contributed by atoms with van der Waals surface area (Å²) < 4.78 is 5.00. The lowest BCUT2D eigenvalue weighted by Gasteiger charge is -2.27. The number of oxime groups is 1. The van der Waals surface area contributed by atoms with Crippen molar-refractivity contribution in [2.75, 3.05) is 13.7 Å². The van der Waals surface area contributed by atoms with E-state index >= 15 is 0 Å². The van der Waals surface area contributed by atoms with Gasteiger partial charge in [0, 0.05) is 7.11 Å². The predicted molar refractivity (Wildman–Crippen MR) is 59.2 cm³/mol. The smallest absolute Gasteiger partial charge is 0.234 e. The lowest BCUT2D eigenvalue weighted by Crippen LogP contribution is -2.52. The van der Waals surface area contributed by atoms with Crippen molar-refractivity contribution in [1.29, 1.82) is 0 Å². The average Bonchev–Trinajstić information content (AvgIpc) is 2.96. The molecule has 0 radical (unpaired) electrons. The van der Waals surface area contributed by atoms with E-state index in [1.54, 1.807) is 7.11 Å². The zero-order valence-corrected chi connectivity index (χ0v) is 9.91. The topological polar surface area (TPSA) is 96.9 Å². The Hall–Kier alpha value is -1.30. The number of rotatable bonds is 5. The van der Waals surface area contributed by atoms with Crippen LogP contribution in [0.2, 0.25) is 0 Å². The van der Waals surface area contributed by atoms with Gasteiger partial charge in [-0.25, -0.2) is 0 Å². The van der Waals surface area contributed by atoms with E-state index in [0.717, 1.165) is 0 Å². The Morgan fingerprint density at radius 3 is 2.56 bits per heavy atom. The van der Waals surface area contributed by atoms with E-state index in [-0.39, 0.29) is 11.7 Å². The Labute approximate surface area is 94.8 Å². The van der Waals surface area contributed by atoms with Crippen LogP contribution in [0.3, 0.4) is 0 Å². The number of amidine groups is 1. The summed E-state index contributed by atoms with van der Waals surface area (Å²) in [7, 11) is 1.57. The van der Waals surface area contributed by atoms with Gasteiger partial charge in [-0.2, -0.15) is 0 Å². The van der Waals surface area contributed by atoms with Gasteiger partial charge in [-0.15, -0.1) is 0 Å². The fraction of sp³-hybridized carbons (Fsp3) is 0.800. The number of carbonyl (C=O) groups is 1. The Kier molecular flexibility index (Phi) is 3.42. The first-order chi connectivity index (χ1) is 7.38. The molecule has 1 amide bonds. The molecule has 4 N–H and O–H groups in total. The molecule has 1 rings (SSSR count). The minimum atomic E-state index is -0.806. The number of nitrogens with zero attached hydrogens (tertiary/aromatic N) is 1. The van der Waals surface area contributed by atoms with Gasteiger partial charge in [0.05, 0.1) is 12.1 Å². The lowest BCUT2D eigenvalue weighted by atomic mass is 10.0. The first-order valence-corrected chi connectivity index (χ1v) is 5.17. The van der Waals surface area contributed by atoms with E-state index in [4.69, 9.17) is 15.7 Å². The highest BCUT2D eigenvalue weighted by Crippen LogP contribution is 2.46. The molecule has 1 saturated carbocycles. The van der Waals surface area contributed by atoms with Gasteiger partial charge >= 0.3 is 0 Å². The van der Waals surface area contributed by atoms with Crippen LogP contribution in [-0.4, -0.2) is 36.2 Å². The summed E-state index contributed by atoms with van der Waals surface area (Å²) in [6.07, 6.45) is 1.25. The number of nitrogens with two attached hydrogens (primary N) is 1. The zero-order valence-electron chi connectivity index (χ0n) is 9.91. The molecule has 1 aliphatic rings. The molecule has 6 nitrogen and oxygen atoms in total. The molecule has 0 bridgehead atoms. The lowest BCUT2D eigenvalue weighted by molar-refractivity contribution is -0.126. The molecule has 6 heteroatoms. The van der Waals surface area contributed by atoms with Gasteiger partial charge in [0.2, 0.25) is 5.91 Å². The van der Waals surface area contributed by atoms with Crippen LogP contribution in [0.4, 0.5) is 0 Å². The van der Waals surface area contributed by atoms with E-state index in [9.17, 15) is 4.79 Å². The van der Waals surface area contributed by atoms with Gasteiger partial charge < -0.3 is 21.0 Å². The van der Waals surface area contributed by atoms with Gasteiger partial charge in [0.1, 0.15) is 5.41 Å². The molecule has 0 aliphatic heterocycles. The van der Waals surface area contributed by atoms with Gasteiger partial charge in [0.15, 0.2) is 5.84 Å². The predicted octanol–water partition coefficient (Wildman–Crippen LogP) is 0.0542. The molecule has 0 unspecified atom stereocenters. The summed E-state index contributed by atoms with van der Waals surface area (Å²) in [5.41, 5.74) is 4.25. The molecule has 0 spiro atoms. The van der Waals surface area contributed by atoms with Crippen molar-refractivity contribution in [2.45, 2.75) is 32.2 Å². The molecular weight excluding hydrogens is 210 g/mol. The monoisotopic (exact) mass is 229 g/mol. The van der Waals surface area contributed by atoms with E-state index in [0.29, 0.717) is 19.4 Å². The fourth-order valence-corrected chi connectivity index (χ4v) is 1.64. The van der Waals surface area contributed by atoms with Crippen molar-refractivity contribution in [2.24, 2.45) is 16.3 Å². The van der Waals surface area contributed by atoms with Crippen molar-refractivity contribution in [1.82, 2.24) is 5.32 Å². The highest BCUT2D eigenvalue weighted by molar-refractivity contribution is 6.09. The number of amides is 1. The van der Waals surface area contributed by atoms with Crippen molar-refractivity contribution < 1.29 is 14.7 Å². The molecule has 92 valence electrons. The molecule has 1 fully saturated rings. The first-order valence-electron chi connectivity index (χ1n) is 5.17. The highest BCUT2D eigenvalue weighted by atomic mass is 16.5. The second kappa shape index (κ2) is 4.29. The molecule has 16 heavy (non-hydrogen) atoms. The van der Waals surface area contributed by atoms with Crippen LogP contribution in [-0.2, 0) is 9.53 Å². The third-order valence-corrected chi connectivity index (χ3v) is 2.74. The molecular formula is C10H19N3O3. The Balaban J connectivity index is 2.66. The Morgan fingerprint density at radius 1 is 1.62 bits per heavy atom. The van der Waals surface area contributed by atoms with Crippen molar-refractivity contribution in [3.63, 3.8) is 0 Å². The maximum Gasteiger partial charge on any atom is 0.234 e. The third-order valence-electron chi connectivity index (χ3n) is 2.74. The van der Waals surface area contributed by atoms with Gasteiger partial charge in [-0.1, -0.05) is 5.16 Å². The maximum absolute atomic E-state index is 12.0. The summed E-state index contributed by atoms with van der Waals surface area (Å²) in [4.78, 5) is 12.0. The average molecular weight is 229 g/mol. The number of carbonyl (C=O) groups excluding carboxylic acids is 1. The SMILES string of the molecule is COCC(C)(C)NC(=O)C1(C(N)=NO)CC1. The van der Waals surface area contributed by atoms with Gasteiger partial charge in [-0.05, 0) is 26.7 Å². The van der Waals surface area contributed by atoms with Crippen LogP contribution in [0.25, 0.3) is 0 Å². The number of ether oxygens (including phenoxy) is 1. The molecule has 0 saturated heterocycles. The van der Waals surface area contributed by atoms with E-state index in [1.807, 2.05) is 13.8 Å². The second-order valence-electron chi connectivity index (χ2n) is 4.84. The third kappa shape index (κ3) is 2.44. The number of hydrogen-bond donors (Lipinski definition) is 3. The summed E-state index contributed by atoms with van der Waals surface area (Å²) in [5.74, 6) is -0.219. The van der Waals surface area contributed by atoms with Crippen molar-refractivity contribution in [3.8, 4) is 0 Å². The summed E-state index contributed by atoms with van der Waals surface area (Å²) in [5, 5.41) is 14.4. The minimum absolute atomic E-state index is 0.0155.